The molecule has 0 spiro atoms. The fraction of sp³-hybridized carbons (Fsp3) is 0.600. The lowest BCUT2D eigenvalue weighted by Crippen LogP contribution is -2.28. The van der Waals surface area contributed by atoms with Gasteiger partial charge in [0.25, 0.3) is 0 Å². The van der Waals surface area contributed by atoms with E-state index in [1.54, 1.807) is 6.26 Å². The van der Waals surface area contributed by atoms with E-state index in [0.717, 1.165) is 30.0 Å². The van der Waals surface area contributed by atoms with Crippen molar-refractivity contribution in [3.63, 3.8) is 0 Å². The fourth-order valence-corrected chi connectivity index (χ4v) is 4.15. The molecular weight excluding hydrogens is 313 g/mol. The molecule has 0 bridgehead atoms. The molecule has 1 atom stereocenters. The van der Waals surface area contributed by atoms with E-state index in [4.69, 9.17) is 4.74 Å². The Bertz CT molecular complexity index is 580. The van der Waals surface area contributed by atoms with Gasteiger partial charge in [0.05, 0.1) is 6.26 Å². The van der Waals surface area contributed by atoms with Crippen LogP contribution in [0.1, 0.15) is 63.9 Å². The summed E-state index contributed by atoms with van der Waals surface area (Å²) in [6, 6.07) is 2.09. The largest absolute Gasteiger partial charge is 0.497 e. The van der Waals surface area contributed by atoms with Crippen LogP contribution in [0.25, 0.3) is 5.57 Å². The van der Waals surface area contributed by atoms with Crippen LogP contribution in [0, 0.1) is 29.3 Å². The number of hydrogen-bond donors (Lipinski definition) is 0. The molecule has 1 saturated carbocycles. The molecule has 1 nitrogen and oxygen atoms in total. The summed E-state index contributed by atoms with van der Waals surface area (Å²) in [5.41, 5.74) is 1.11. The monoisotopic (exact) mass is 338 g/mol. The van der Waals surface area contributed by atoms with Gasteiger partial charge in [0.2, 0.25) is 0 Å². The maximum absolute atomic E-state index is 13.4. The minimum atomic E-state index is -1.42. The quantitative estimate of drug-likeness (QED) is 0.591. The standard InChI is InChI=1S/C20H25F3O/c1-2-3-13-4-6-14(7-5-13)19-9-8-15(12-24-19)16-10-17(21)20(23)18(22)11-16/h10-14,19H,2-9H2,1H3. The van der Waals surface area contributed by atoms with E-state index in [1.807, 2.05) is 0 Å². The van der Waals surface area contributed by atoms with Crippen LogP contribution >= 0.6 is 0 Å². The average molecular weight is 338 g/mol. The lowest BCUT2D eigenvalue weighted by atomic mass is 9.76. The van der Waals surface area contributed by atoms with E-state index in [-0.39, 0.29) is 6.10 Å². The highest BCUT2D eigenvalue weighted by atomic mass is 19.2. The van der Waals surface area contributed by atoms with Crippen molar-refractivity contribution in [3.8, 4) is 0 Å². The van der Waals surface area contributed by atoms with Crippen LogP contribution in [0.5, 0.6) is 0 Å². The summed E-state index contributed by atoms with van der Waals surface area (Å²) in [6.07, 6.45) is 10.9. The zero-order chi connectivity index (χ0) is 17.1. The highest BCUT2D eigenvalue weighted by Crippen LogP contribution is 2.38. The Hall–Kier alpha value is -1.45. The third-order valence-electron chi connectivity index (χ3n) is 5.55. The van der Waals surface area contributed by atoms with Crippen LogP contribution in [-0.2, 0) is 4.74 Å². The minimum absolute atomic E-state index is 0.200. The first-order valence-corrected chi connectivity index (χ1v) is 9.08. The lowest BCUT2D eigenvalue weighted by Gasteiger charge is -2.35. The predicted octanol–water partition coefficient (Wildman–Crippen LogP) is 6.23. The summed E-state index contributed by atoms with van der Waals surface area (Å²) in [5.74, 6) is -2.27. The first-order chi connectivity index (χ1) is 11.6. The lowest BCUT2D eigenvalue weighted by molar-refractivity contribution is 0.0446. The van der Waals surface area contributed by atoms with Crippen molar-refractivity contribution >= 4 is 5.57 Å². The maximum Gasteiger partial charge on any atom is 0.194 e. The molecule has 1 aliphatic heterocycles. The fourth-order valence-electron chi connectivity index (χ4n) is 4.15. The summed E-state index contributed by atoms with van der Waals surface area (Å²) in [5, 5.41) is 0. The molecular formula is C20H25F3O. The predicted molar refractivity (Wildman–Crippen MR) is 88.8 cm³/mol. The molecule has 2 aliphatic rings. The van der Waals surface area contributed by atoms with Crippen LogP contribution in [0.2, 0.25) is 0 Å². The summed E-state index contributed by atoms with van der Waals surface area (Å²) in [6.45, 7) is 2.24. The first-order valence-electron chi connectivity index (χ1n) is 9.08. The molecule has 1 fully saturated rings. The van der Waals surface area contributed by atoms with Crippen molar-refractivity contribution in [2.75, 3.05) is 0 Å². The summed E-state index contributed by atoms with van der Waals surface area (Å²) >= 11 is 0. The van der Waals surface area contributed by atoms with E-state index in [2.05, 4.69) is 6.92 Å². The van der Waals surface area contributed by atoms with Crippen molar-refractivity contribution in [1.29, 1.82) is 0 Å². The second-order valence-electron chi connectivity index (χ2n) is 7.18. The average Bonchev–Trinajstić information content (AvgIpc) is 2.60. The molecule has 0 aromatic heterocycles. The third-order valence-corrected chi connectivity index (χ3v) is 5.55. The summed E-state index contributed by atoms with van der Waals surface area (Å²) < 4.78 is 45.7. The van der Waals surface area contributed by atoms with Gasteiger partial charge in [0.15, 0.2) is 17.5 Å². The van der Waals surface area contributed by atoms with Crippen molar-refractivity contribution in [3.05, 3.63) is 41.4 Å². The molecule has 24 heavy (non-hydrogen) atoms. The van der Waals surface area contributed by atoms with E-state index < -0.39 is 17.5 Å². The molecule has 132 valence electrons. The number of allylic oxidation sites excluding steroid dienone is 1. The Morgan fingerprint density at radius 3 is 2.21 bits per heavy atom. The molecule has 1 heterocycles. The van der Waals surface area contributed by atoms with Crippen LogP contribution in [0.4, 0.5) is 13.2 Å². The van der Waals surface area contributed by atoms with Crippen molar-refractivity contribution < 1.29 is 17.9 Å². The van der Waals surface area contributed by atoms with Crippen molar-refractivity contribution in [2.24, 2.45) is 11.8 Å². The van der Waals surface area contributed by atoms with Gasteiger partial charge in [-0.05, 0) is 60.8 Å². The Balaban J connectivity index is 1.61. The second-order valence-corrected chi connectivity index (χ2v) is 7.18. The summed E-state index contributed by atoms with van der Waals surface area (Å²) in [4.78, 5) is 0. The van der Waals surface area contributed by atoms with E-state index >= 15 is 0 Å². The molecule has 1 unspecified atom stereocenters. The van der Waals surface area contributed by atoms with Gasteiger partial charge in [-0.15, -0.1) is 0 Å². The Morgan fingerprint density at radius 2 is 1.67 bits per heavy atom. The smallest absolute Gasteiger partial charge is 0.194 e. The topological polar surface area (TPSA) is 9.23 Å². The number of halogens is 3. The van der Waals surface area contributed by atoms with Gasteiger partial charge in [-0.1, -0.05) is 32.6 Å². The maximum atomic E-state index is 13.4. The van der Waals surface area contributed by atoms with Gasteiger partial charge >= 0.3 is 0 Å². The van der Waals surface area contributed by atoms with Gasteiger partial charge < -0.3 is 4.74 Å². The summed E-state index contributed by atoms with van der Waals surface area (Å²) in [7, 11) is 0. The number of ether oxygens (including phenoxy) is 1. The third kappa shape index (κ3) is 3.79. The Labute approximate surface area is 141 Å². The zero-order valence-electron chi connectivity index (χ0n) is 14.2. The molecule has 4 heteroatoms. The Morgan fingerprint density at radius 1 is 1.00 bits per heavy atom. The van der Waals surface area contributed by atoms with Crippen LogP contribution in [0.15, 0.2) is 18.4 Å². The van der Waals surface area contributed by atoms with Crippen molar-refractivity contribution in [2.45, 2.75) is 64.4 Å². The number of rotatable bonds is 4. The van der Waals surface area contributed by atoms with Crippen LogP contribution < -0.4 is 0 Å². The molecule has 3 rings (SSSR count). The number of benzene rings is 1. The normalized spacial score (nSPS) is 27.5. The van der Waals surface area contributed by atoms with Gasteiger partial charge in [0, 0.05) is 0 Å². The number of hydrogen-bond acceptors (Lipinski definition) is 1. The van der Waals surface area contributed by atoms with Crippen molar-refractivity contribution in [1.82, 2.24) is 0 Å². The molecule has 0 N–H and O–H groups in total. The SMILES string of the molecule is CCCC1CCC(C2CCC(c3cc(F)c(F)c(F)c3)=CO2)CC1. The van der Waals surface area contributed by atoms with E-state index in [0.29, 0.717) is 17.9 Å². The zero-order valence-corrected chi connectivity index (χ0v) is 14.2. The molecule has 1 aromatic carbocycles. The van der Waals surface area contributed by atoms with Gasteiger partial charge in [-0.2, -0.15) is 0 Å². The van der Waals surface area contributed by atoms with E-state index in [1.165, 1.54) is 38.5 Å². The molecule has 0 saturated heterocycles. The molecule has 1 aromatic rings. The highest BCUT2D eigenvalue weighted by molar-refractivity contribution is 5.65. The minimum Gasteiger partial charge on any atom is -0.497 e. The molecule has 1 aliphatic carbocycles. The van der Waals surface area contributed by atoms with Gasteiger partial charge in [0.1, 0.15) is 6.10 Å². The molecule has 0 radical (unpaired) electrons. The van der Waals surface area contributed by atoms with Crippen LogP contribution in [0.3, 0.4) is 0 Å². The molecule has 0 amide bonds. The van der Waals surface area contributed by atoms with Gasteiger partial charge in [-0.25, -0.2) is 13.2 Å². The highest BCUT2D eigenvalue weighted by Gasteiger charge is 2.30. The van der Waals surface area contributed by atoms with Gasteiger partial charge in [-0.3, -0.25) is 0 Å². The first kappa shape index (κ1) is 17.4. The van der Waals surface area contributed by atoms with E-state index in [9.17, 15) is 13.2 Å². The Kier molecular flexibility index (Phi) is 5.52. The van der Waals surface area contributed by atoms with Crippen LogP contribution in [-0.4, -0.2) is 6.10 Å². The second kappa shape index (κ2) is 7.62.